The van der Waals surface area contributed by atoms with E-state index in [9.17, 15) is 8.42 Å². The summed E-state index contributed by atoms with van der Waals surface area (Å²) in [6.45, 7) is 7.26. The molecule has 0 bridgehead atoms. The summed E-state index contributed by atoms with van der Waals surface area (Å²) in [6.07, 6.45) is 1.26. The summed E-state index contributed by atoms with van der Waals surface area (Å²) in [7, 11) is -3.43. The maximum Gasteiger partial charge on any atom is 0.240 e. The van der Waals surface area contributed by atoms with Crippen molar-refractivity contribution in [2.75, 3.05) is 26.2 Å². The minimum absolute atomic E-state index is 0.238. The van der Waals surface area contributed by atoms with E-state index in [1.807, 2.05) is 0 Å². The number of hydrogen-bond donors (Lipinski definition) is 1. The van der Waals surface area contributed by atoms with Gasteiger partial charge in [-0.25, -0.2) is 13.1 Å². The first-order valence-electron chi connectivity index (χ1n) is 7.50. The van der Waals surface area contributed by atoms with Gasteiger partial charge in [-0.05, 0) is 45.0 Å². The number of sulfonamides is 1. The largest absolute Gasteiger partial charge is 0.373 e. The van der Waals surface area contributed by atoms with Crippen LogP contribution in [0.4, 0.5) is 0 Å². The Hall–Kier alpha value is -0.470. The Morgan fingerprint density at radius 1 is 1.32 bits per heavy atom. The maximum atomic E-state index is 12.2. The summed E-state index contributed by atoms with van der Waals surface area (Å²) in [4.78, 5) is 2.61. The summed E-state index contributed by atoms with van der Waals surface area (Å²) in [5.74, 6) is 0. The molecule has 1 aromatic carbocycles. The lowest BCUT2D eigenvalue weighted by atomic mass is 10.2. The molecule has 2 atom stereocenters. The topological polar surface area (TPSA) is 58.6 Å². The van der Waals surface area contributed by atoms with Crippen molar-refractivity contribution in [3.63, 3.8) is 0 Å². The molecule has 1 heterocycles. The third kappa shape index (κ3) is 5.31. The van der Waals surface area contributed by atoms with E-state index >= 15 is 0 Å². The number of halogens is 1. The van der Waals surface area contributed by atoms with Crippen molar-refractivity contribution in [1.29, 1.82) is 0 Å². The van der Waals surface area contributed by atoms with Crippen LogP contribution in [0.15, 0.2) is 33.6 Å². The van der Waals surface area contributed by atoms with Crippen LogP contribution in [0.5, 0.6) is 0 Å². The molecule has 7 heteroatoms. The zero-order valence-electron chi connectivity index (χ0n) is 13.0. The SMILES string of the molecule is CC1CN(CCCNS(=O)(=O)c2cccc(Br)c2)CC(C)O1. The first kappa shape index (κ1) is 17.9. The van der Waals surface area contributed by atoms with E-state index in [2.05, 4.69) is 39.4 Å². The molecular formula is C15H23BrN2O3S. The number of morpholine rings is 1. The molecule has 124 valence electrons. The number of hydrogen-bond acceptors (Lipinski definition) is 4. The molecule has 1 fully saturated rings. The molecule has 1 aliphatic rings. The highest BCUT2D eigenvalue weighted by Gasteiger charge is 2.21. The Morgan fingerprint density at radius 3 is 2.64 bits per heavy atom. The normalized spacial score (nSPS) is 23.6. The summed E-state index contributed by atoms with van der Waals surface area (Å²) in [5.41, 5.74) is 0. The predicted octanol–water partition coefficient (Wildman–Crippen LogP) is 2.23. The summed E-state index contributed by atoms with van der Waals surface area (Å²) < 4.78 is 33.5. The molecule has 0 aromatic heterocycles. The van der Waals surface area contributed by atoms with Gasteiger partial charge < -0.3 is 4.74 Å². The number of ether oxygens (including phenoxy) is 1. The molecular weight excluding hydrogens is 368 g/mol. The highest BCUT2D eigenvalue weighted by Crippen LogP contribution is 2.16. The summed E-state index contributed by atoms with van der Waals surface area (Å²) in [5, 5.41) is 0. The van der Waals surface area contributed by atoms with Gasteiger partial charge in [-0.15, -0.1) is 0 Å². The van der Waals surface area contributed by atoms with Crippen LogP contribution in [0, 0.1) is 0 Å². The standard InChI is InChI=1S/C15H23BrN2O3S/c1-12-10-18(11-13(2)21-12)8-4-7-17-22(19,20)15-6-3-5-14(16)9-15/h3,5-6,9,12-13,17H,4,7-8,10-11H2,1-2H3. The van der Waals surface area contributed by atoms with Crippen LogP contribution in [0.25, 0.3) is 0 Å². The second kappa shape index (κ2) is 7.88. The van der Waals surface area contributed by atoms with Gasteiger partial charge in [0.1, 0.15) is 0 Å². The van der Waals surface area contributed by atoms with E-state index in [1.54, 1.807) is 24.3 Å². The van der Waals surface area contributed by atoms with Crippen LogP contribution in [-0.2, 0) is 14.8 Å². The van der Waals surface area contributed by atoms with Crippen LogP contribution in [-0.4, -0.2) is 51.7 Å². The highest BCUT2D eigenvalue weighted by molar-refractivity contribution is 9.10. The quantitative estimate of drug-likeness (QED) is 0.756. The number of benzene rings is 1. The lowest BCUT2D eigenvalue weighted by Crippen LogP contribution is -2.46. The lowest BCUT2D eigenvalue weighted by molar-refractivity contribution is -0.0679. The van der Waals surface area contributed by atoms with Gasteiger partial charge in [-0.1, -0.05) is 22.0 Å². The van der Waals surface area contributed by atoms with Crippen LogP contribution < -0.4 is 4.72 Å². The van der Waals surface area contributed by atoms with Crippen molar-refractivity contribution in [3.05, 3.63) is 28.7 Å². The molecule has 5 nitrogen and oxygen atoms in total. The zero-order valence-corrected chi connectivity index (χ0v) is 15.4. The fourth-order valence-corrected chi connectivity index (χ4v) is 4.36. The van der Waals surface area contributed by atoms with Crippen molar-refractivity contribution >= 4 is 26.0 Å². The van der Waals surface area contributed by atoms with Crippen molar-refractivity contribution in [1.82, 2.24) is 9.62 Å². The molecule has 1 N–H and O–H groups in total. The van der Waals surface area contributed by atoms with E-state index in [4.69, 9.17) is 4.74 Å². The van der Waals surface area contributed by atoms with Crippen molar-refractivity contribution in [2.24, 2.45) is 0 Å². The van der Waals surface area contributed by atoms with Crippen LogP contribution >= 0.6 is 15.9 Å². The average molecular weight is 391 g/mol. The van der Waals surface area contributed by atoms with Crippen molar-refractivity contribution in [2.45, 2.75) is 37.4 Å². The Kier molecular flexibility index (Phi) is 6.40. The maximum absolute atomic E-state index is 12.2. The molecule has 0 saturated carbocycles. The summed E-state index contributed by atoms with van der Waals surface area (Å²) in [6, 6.07) is 6.72. The fraction of sp³-hybridized carbons (Fsp3) is 0.600. The molecule has 1 saturated heterocycles. The average Bonchev–Trinajstić information content (AvgIpc) is 2.43. The van der Waals surface area contributed by atoms with Gasteiger partial charge in [0, 0.05) is 24.1 Å². The smallest absolute Gasteiger partial charge is 0.240 e. The van der Waals surface area contributed by atoms with E-state index < -0.39 is 10.0 Å². The van der Waals surface area contributed by atoms with E-state index in [0.29, 0.717) is 6.54 Å². The summed E-state index contributed by atoms with van der Waals surface area (Å²) >= 11 is 3.29. The highest BCUT2D eigenvalue weighted by atomic mass is 79.9. The lowest BCUT2D eigenvalue weighted by Gasteiger charge is -2.35. The molecule has 1 aliphatic heterocycles. The molecule has 0 amide bonds. The number of nitrogens with one attached hydrogen (secondary N) is 1. The van der Waals surface area contributed by atoms with Gasteiger partial charge in [0.15, 0.2) is 0 Å². The third-order valence-corrected chi connectivity index (χ3v) is 5.50. The van der Waals surface area contributed by atoms with Gasteiger partial charge in [-0.2, -0.15) is 0 Å². The van der Waals surface area contributed by atoms with Crippen LogP contribution in [0.2, 0.25) is 0 Å². The van der Waals surface area contributed by atoms with Crippen LogP contribution in [0.1, 0.15) is 20.3 Å². The minimum atomic E-state index is -3.43. The molecule has 2 rings (SSSR count). The Morgan fingerprint density at radius 2 is 2.00 bits per heavy atom. The molecule has 0 spiro atoms. The monoisotopic (exact) mass is 390 g/mol. The van der Waals surface area contributed by atoms with E-state index in [0.717, 1.165) is 30.5 Å². The van der Waals surface area contributed by atoms with Gasteiger partial charge in [-0.3, -0.25) is 4.90 Å². The number of nitrogens with zero attached hydrogens (tertiary/aromatic N) is 1. The first-order chi connectivity index (χ1) is 10.4. The molecule has 0 aliphatic carbocycles. The second-order valence-corrected chi connectivity index (χ2v) is 8.41. The molecule has 0 radical (unpaired) electrons. The van der Waals surface area contributed by atoms with E-state index in [1.165, 1.54) is 0 Å². The third-order valence-electron chi connectivity index (χ3n) is 3.54. The second-order valence-electron chi connectivity index (χ2n) is 5.73. The Labute approximate surface area is 141 Å². The van der Waals surface area contributed by atoms with Gasteiger partial charge in [0.2, 0.25) is 10.0 Å². The van der Waals surface area contributed by atoms with Gasteiger partial charge >= 0.3 is 0 Å². The first-order valence-corrected chi connectivity index (χ1v) is 9.77. The van der Waals surface area contributed by atoms with Gasteiger partial charge in [0.25, 0.3) is 0 Å². The van der Waals surface area contributed by atoms with Crippen molar-refractivity contribution < 1.29 is 13.2 Å². The molecule has 1 aromatic rings. The van der Waals surface area contributed by atoms with Crippen molar-refractivity contribution in [3.8, 4) is 0 Å². The molecule has 2 unspecified atom stereocenters. The van der Waals surface area contributed by atoms with Crippen LogP contribution in [0.3, 0.4) is 0 Å². The zero-order chi connectivity index (χ0) is 16.2. The van der Waals surface area contributed by atoms with E-state index in [-0.39, 0.29) is 17.1 Å². The number of rotatable bonds is 6. The fourth-order valence-electron chi connectivity index (χ4n) is 2.69. The Balaban J connectivity index is 1.78. The van der Waals surface area contributed by atoms with Gasteiger partial charge in [0.05, 0.1) is 17.1 Å². The molecule has 22 heavy (non-hydrogen) atoms. The Bertz CT molecular complexity index is 584. The minimum Gasteiger partial charge on any atom is -0.373 e. The predicted molar refractivity (Wildman–Crippen MR) is 90.4 cm³/mol.